The highest BCUT2D eigenvalue weighted by Gasteiger charge is 2.16. The fraction of sp³-hybridized carbons (Fsp3) is 0.0800. The molecule has 0 aliphatic heterocycles. The molecule has 0 spiro atoms. The number of hydrogen-bond acceptors (Lipinski definition) is 3. The summed E-state index contributed by atoms with van der Waals surface area (Å²) < 4.78 is 27.9. The highest BCUT2D eigenvalue weighted by atomic mass is 32.2. The summed E-state index contributed by atoms with van der Waals surface area (Å²) in [6.45, 7) is 3.66. The minimum atomic E-state index is -3.71. The van der Waals surface area contributed by atoms with Crippen LogP contribution in [0.1, 0.15) is 21.5 Å². The third-order valence-electron chi connectivity index (χ3n) is 5.07. The number of nitrogens with one attached hydrogen (secondary N) is 2. The predicted molar refractivity (Wildman–Crippen MR) is 125 cm³/mol. The second-order valence-corrected chi connectivity index (χ2v) is 9.15. The first-order valence-corrected chi connectivity index (χ1v) is 11.3. The van der Waals surface area contributed by atoms with Crippen LogP contribution < -0.4 is 10.0 Å². The first-order valence-electron chi connectivity index (χ1n) is 9.82. The Balaban J connectivity index is 1.52. The zero-order valence-electron chi connectivity index (χ0n) is 17.2. The third kappa shape index (κ3) is 4.59. The van der Waals surface area contributed by atoms with Crippen molar-refractivity contribution in [2.75, 3.05) is 10.0 Å². The summed E-state index contributed by atoms with van der Waals surface area (Å²) in [5, 5.41) is 5.04. The summed E-state index contributed by atoms with van der Waals surface area (Å²) in [6.07, 6.45) is 0. The molecule has 0 bridgehead atoms. The van der Waals surface area contributed by atoms with Gasteiger partial charge in [0.05, 0.1) is 10.6 Å². The second kappa shape index (κ2) is 8.24. The SMILES string of the molecule is Cc1ccc(S(=O)(=O)Nc2ccc(C(=O)Nc3ccc4ccccc4c3)cc2C)cc1. The summed E-state index contributed by atoms with van der Waals surface area (Å²) in [7, 11) is -3.71. The van der Waals surface area contributed by atoms with E-state index in [1.54, 1.807) is 49.4 Å². The number of hydrogen-bond donors (Lipinski definition) is 2. The Morgan fingerprint density at radius 2 is 1.48 bits per heavy atom. The van der Waals surface area contributed by atoms with Crippen LogP contribution in [0.15, 0.2) is 89.8 Å². The lowest BCUT2D eigenvalue weighted by atomic mass is 10.1. The van der Waals surface area contributed by atoms with E-state index in [1.807, 2.05) is 49.4 Å². The van der Waals surface area contributed by atoms with Gasteiger partial charge in [0.25, 0.3) is 15.9 Å². The lowest BCUT2D eigenvalue weighted by Crippen LogP contribution is -2.15. The van der Waals surface area contributed by atoms with E-state index in [9.17, 15) is 13.2 Å². The molecule has 4 rings (SSSR count). The largest absolute Gasteiger partial charge is 0.322 e. The molecular formula is C25H22N2O3S. The van der Waals surface area contributed by atoms with Crippen LogP contribution in [0.25, 0.3) is 10.8 Å². The Bertz CT molecular complexity index is 1380. The minimum absolute atomic E-state index is 0.190. The van der Waals surface area contributed by atoms with Gasteiger partial charge in [-0.1, -0.05) is 48.0 Å². The zero-order chi connectivity index (χ0) is 22.0. The van der Waals surface area contributed by atoms with E-state index in [0.717, 1.165) is 16.3 Å². The van der Waals surface area contributed by atoms with Crippen LogP contribution in [0.2, 0.25) is 0 Å². The number of rotatable bonds is 5. The molecule has 5 nitrogen and oxygen atoms in total. The highest BCUT2D eigenvalue weighted by molar-refractivity contribution is 7.92. The average molecular weight is 431 g/mol. The van der Waals surface area contributed by atoms with Crippen molar-refractivity contribution in [2.24, 2.45) is 0 Å². The Kier molecular flexibility index (Phi) is 5.48. The van der Waals surface area contributed by atoms with Crippen LogP contribution in [0, 0.1) is 13.8 Å². The standard InChI is InChI=1S/C25H22N2O3S/c1-17-7-12-23(13-8-17)31(29,30)27-24-14-10-21(15-18(24)2)25(28)26-22-11-9-19-5-3-4-6-20(19)16-22/h3-16,27H,1-2H3,(H,26,28). The number of sulfonamides is 1. The Morgan fingerprint density at radius 3 is 2.19 bits per heavy atom. The van der Waals surface area contributed by atoms with Crippen molar-refractivity contribution in [3.63, 3.8) is 0 Å². The molecule has 0 heterocycles. The molecule has 0 unspecified atom stereocenters. The summed E-state index contributed by atoms with van der Waals surface area (Å²) in [5.41, 5.74) is 3.22. The normalized spacial score (nSPS) is 11.3. The Labute approximate surface area is 181 Å². The van der Waals surface area contributed by atoms with Crippen LogP contribution in [-0.4, -0.2) is 14.3 Å². The van der Waals surface area contributed by atoms with E-state index >= 15 is 0 Å². The van der Waals surface area contributed by atoms with Crippen molar-refractivity contribution in [1.82, 2.24) is 0 Å². The third-order valence-corrected chi connectivity index (χ3v) is 6.45. The second-order valence-electron chi connectivity index (χ2n) is 7.46. The quantitative estimate of drug-likeness (QED) is 0.438. The van der Waals surface area contributed by atoms with Crippen molar-refractivity contribution >= 4 is 38.1 Å². The number of amides is 1. The molecule has 4 aromatic rings. The van der Waals surface area contributed by atoms with Gasteiger partial charge in [-0.3, -0.25) is 9.52 Å². The summed E-state index contributed by atoms with van der Waals surface area (Å²) in [5.74, 6) is -0.258. The van der Waals surface area contributed by atoms with E-state index in [1.165, 1.54) is 0 Å². The zero-order valence-corrected chi connectivity index (χ0v) is 18.0. The van der Waals surface area contributed by atoms with Gasteiger partial charge in [-0.2, -0.15) is 0 Å². The number of benzene rings is 4. The molecule has 156 valence electrons. The first-order chi connectivity index (χ1) is 14.8. The Hall–Kier alpha value is -3.64. The molecule has 0 saturated carbocycles. The molecule has 0 saturated heterocycles. The minimum Gasteiger partial charge on any atom is -0.322 e. The van der Waals surface area contributed by atoms with E-state index in [2.05, 4.69) is 10.0 Å². The Morgan fingerprint density at radius 1 is 0.774 bits per heavy atom. The summed E-state index contributed by atoms with van der Waals surface area (Å²) >= 11 is 0. The molecule has 0 aromatic heterocycles. The number of carbonyl (C=O) groups excluding carboxylic acids is 1. The first kappa shape index (κ1) is 20.6. The van der Waals surface area contributed by atoms with Crippen LogP contribution in [0.5, 0.6) is 0 Å². The number of carbonyl (C=O) groups is 1. The van der Waals surface area contributed by atoms with E-state index in [4.69, 9.17) is 0 Å². The van der Waals surface area contributed by atoms with Gasteiger partial charge in [-0.15, -0.1) is 0 Å². The fourth-order valence-corrected chi connectivity index (χ4v) is 4.44. The van der Waals surface area contributed by atoms with Gasteiger partial charge in [0, 0.05) is 11.3 Å². The van der Waals surface area contributed by atoms with Gasteiger partial charge in [-0.05, 0) is 72.6 Å². The average Bonchev–Trinajstić information content (AvgIpc) is 2.75. The van der Waals surface area contributed by atoms with Crippen LogP contribution in [-0.2, 0) is 10.0 Å². The molecule has 4 aromatic carbocycles. The molecule has 0 aliphatic rings. The van der Waals surface area contributed by atoms with Crippen molar-refractivity contribution in [3.05, 3.63) is 102 Å². The van der Waals surface area contributed by atoms with Gasteiger partial charge in [0.1, 0.15) is 0 Å². The number of fused-ring (bicyclic) bond motifs is 1. The molecule has 0 atom stereocenters. The van der Waals surface area contributed by atoms with Gasteiger partial charge >= 0.3 is 0 Å². The van der Waals surface area contributed by atoms with Gasteiger partial charge < -0.3 is 5.32 Å². The molecule has 6 heteroatoms. The van der Waals surface area contributed by atoms with Crippen LogP contribution >= 0.6 is 0 Å². The molecule has 1 amide bonds. The number of aryl methyl sites for hydroxylation is 2. The van der Waals surface area contributed by atoms with Crippen molar-refractivity contribution < 1.29 is 13.2 Å². The lowest BCUT2D eigenvalue weighted by Gasteiger charge is -2.12. The van der Waals surface area contributed by atoms with Gasteiger partial charge in [-0.25, -0.2) is 8.42 Å². The molecule has 0 aliphatic carbocycles. The summed E-state index contributed by atoms with van der Waals surface area (Å²) in [6, 6.07) is 25.2. The lowest BCUT2D eigenvalue weighted by molar-refractivity contribution is 0.102. The molecule has 0 fully saturated rings. The monoisotopic (exact) mass is 430 g/mol. The molecular weight excluding hydrogens is 408 g/mol. The van der Waals surface area contributed by atoms with Crippen molar-refractivity contribution in [3.8, 4) is 0 Å². The molecule has 2 N–H and O–H groups in total. The maximum Gasteiger partial charge on any atom is 0.261 e. The highest BCUT2D eigenvalue weighted by Crippen LogP contribution is 2.23. The van der Waals surface area contributed by atoms with Gasteiger partial charge in [0.2, 0.25) is 0 Å². The molecule has 0 radical (unpaired) electrons. The van der Waals surface area contributed by atoms with Gasteiger partial charge in [0.15, 0.2) is 0 Å². The number of anilines is 2. The topological polar surface area (TPSA) is 75.3 Å². The van der Waals surface area contributed by atoms with Crippen molar-refractivity contribution in [1.29, 1.82) is 0 Å². The van der Waals surface area contributed by atoms with E-state index in [-0.39, 0.29) is 10.8 Å². The summed E-state index contributed by atoms with van der Waals surface area (Å²) in [4.78, 5) is 12.9. The fourth-order valence-electron chi connectivity index (χ4n) is 3.31. The predicted octanol–water partition coefficient (Wildman–Crippen LogP) is 5.51. The maximum atomic E-state index is 12.7. The smallest absolute Gasteiger partial charge is 0.261 e. The van der Waals surface area contributed by atoms with E-state index < -0.39 is 10.0 Å². The van der Waals surface area contributed by atoms with Crippen LogP contribution in [0.4, 0.5) is 11.4 Å². The van der Waals surface area contributed by atoms with E-state index in [0.29, 0.717) is 22.5 Å². The molecule has 31 heavy (non-hydrogen) atoms. The maximum absolute atomic E-state index is 12.7. The van der Waals surface area contributed by atoms with Crippen molar-refractivity contribution in [2.45, 2.75) is 18.7 Å². The van der Waals surface area contributed by atoms with Crippen LogP contribution in [0.3, 0.4) is 0 Å².